The summed E-state index contributed by atoms with van der Waals surface area (Å²) in [6.45, 7) is 7.27. The third kappa shape index (κ3) is 8.57. The Bertz CT molecular complexity index is 1430. The third-order valence-corrected chi connectivity index (χ3v) is 8.19. The molecule has 7 nitrogen and oxygen atoms in total. The Balaban J connectivity index is 2.09. The largest absolute Gasteiger partial charge is 0.352 e. The second-order valence-electron chi connectivity index (χ2n) is 10.2. The van der Waals surface area contributed by atoms with Crippen LogP contribution in [0.15, 0.2) is 72.8 Å². The van der Waals surface area contributed by atoms with Gasteiger partial charge < -0.3 is 10.2 Å². The normalized spacial score (nSPS) is 12.8. The van der Waals surface area contributed by atoms with Gasteiger partial charge >= 0.3 is 0 Å². The van der Waals surface area contributed by atoms with Crippen LogP contribution in [-0.4, -0.2) is 50.0 Å². The molecule has 2 unspecified atom stereocenters. The molecule has 0 aliphatic carbocycles. The number of anilines is 1. The molecule has 0 radical (unpaired) electrons. The van der Waals surface area contributed by atoms with E-state index in [2.05, 4.69) is 5.32 Å². The summed E-state index contributed by atoms with van der Waals surface area (Å²) >= 11 is 6.21. The lowest BCUT2D eigenvalue weighted by molar-refractivity contribution is -0.140. The highest BCUT2D eigenvalue weighted by molar-refractivity contribution is 7.92. The van der Waals surface area contributed by atoms with E-state index in [1.807, 2.05) is 75.4 Å². The maximum Gasteiger partial charge on any atom is 0.244 e. The van der Waals surface area contributed by atoms with Crippen LogP contribution >= 0.6 is 11.6 Å². The van der Waals surface area contributed by atoms with Gasteiger partial charge in [-0.25, -0.2) is 8.42 Å². The molecule has 3 rings (SSSR count). The second kappa shape index (κ2) is 13.8. The smallest absolute Gasteiger partial charge is 0.244 e. The molecular weight excluding hydrogens is 546 g/mol. The van der Waals surface area contributed by atoms with Crippen LogP contribution in [0, 0.1) is 13.8 Å². The first-order valence-electron chi connectivity index (χ1n) is 13.3. The molecule has 3 aromatic carbocycles. The van der Waals surface area contributed by atoms with Crippen molar-refractivity contribution in [3.63, 3.8) is 0 Å². The van der Waals surface area contributed by atoms with E-state index >= 15 is 0 Å². The van der Waals surface area contributed by atoms with Crippen molar-refractivity contribution in [2.45, 2.75) is 59.2 Å². The van der Waals surface area contributed by atoms with Gasteiger partial charge in [-0.15, -0.1) is 0 Å². The number of amides is 2. The van der Waals surface area contributed by atoms with Crippen LogP contribution in [0.5, 0.6) is 0 Å². The van der Waals surface area contributed by atoms with Crippen molar-refractivity contribution in [3.8, 4) is 0 Å². The maximum atomic E-state index is 14.2. The molecule has 0 saturated carbocycles. The molecule has 0 aliphatic rings. The number of sulfonamides is 1. The second-order valence-corrected chi connectivity index (χ2v) is 12.6. The van der Waals surface area contributed by atoms with Gasteiger partial charge in [0.05, 0.1) is 11.9 Å². The zero-order valence-electron chi connectivity index (χ0n) is 23.7. The van der Waals surface area contributed by atoms with Crippen molar-refractivity contribution in [3.05, 3.63) is 100 Å². The molecule has 0 saturated heterocycles. The van der Waals surface area contributed by atoms with Crippen molar-refractivity contribution in [2.24, 2.45) is 0 Å². The van der Waals surface area contributed by atoms with Crippen molar-refractivity contribution in [1.29, 1.82) is 0 Å². The van der Waals surface area contributed by atoms with Crippen molar-refractivity contribution in [1.82, 2.24) is 10.2 Å². The molecule has 9 heteroatoms. The quantitative estimate of drug-likeness (QED) is 0.314. The summed E-state index contributed by atoms with van der Waals surface area (Å²) < 4.78 is 27.0. The van der Waals surface area contributed by atoms with E-state index in [4.69, 9.17) is 11.6 Å². The minimum absolute atomic E-state index is 0.0941. The standard InChI is InChI=1S/C31H38ClN3O4S/c1-6-24(4)33-31(37)29(18-25-12-8-7-9-13-25)34(20-26-14-10-11-22(2)17-26)30(36)21-35(40(5,38)39)28-19-27(32)16-15-23(28)3/h7-17,19,24,29H,6,18,20-21H2,1-5H3,(H,33,37). The Morgan fingerprint density at radius 3 is 2.25 bits per heavy atom. The lowest BCUT2D eigenvalue weighted by Gasteiger charge is -2.34. The van der Waals surface area contributed by atoms with Gasteiger partial charge in [0.1, 0.15) is 12.6 Å². The Labute approximate surface area is 243 Å². The molecule has 0 aliphatic heterocycles. The summed E-state index contributed by atoms with van der Waals surface area (Å²) in [6.07, 6.45) is 2.06. The van der Waals surface area contributed by atoms with Crippen LogP contribution < -0.4 is 9.62 Å². The maximum absolute atomic E-state index is 14.2. The highest BCUT2D eigenvalue weighted by Crippen LogP contribution is 2.27. The molecule has 0 aromatic heterocycles. The third-order valence-electron chi connectivity index (χ3n) is 6.83. The number of nitrogens with zero attached hydrogens (tertiary/aromatic N) is 2. The van der Waals surface area contributed by atoms with Crippen molar-refractivity contribution < 1.29 is 18.0 Å². The molecule has 214 valence electrons. The average molecular weight is 584 g/mol. The number of hydrogen-bond donors (Lipinski definition) is 1. The van der Waals surface area contributed by atoms with E-state index in [-0.39, 0.29) is 24.9 Å². The topological polar surface area (TPSA) is 86.8 Å². The van der Waals surface area contributed by atoms with E-state index in [1.165, 1.54) is 11.0 Å². The number of benzene rings is 3. The van der Waals surface area contributed by atoms with Gasteiger partial charge in [0, 0.05) is 24.0 Å². The molecule has 1 N–H and O–H groups in total. The monoisotopic (exact) mass is 583 g/mol. The number of hydrogen-bond acceptors (Lipinski definition) is 4. The fourth-order valence-electron chi connectivity index (χ4n) is 4.45. The van der Waals surface area contributed by atoms with Crippen LogP contribution in [0.2, 0.25) is 5.02 Å². The predicted octanol–water partition coefficient (Wildman–Crippen LogP) is 5.28. The van der Waals surface area contributed by atoms with Gasteiger partial charge in [0.15, 0.2) is 0 Å². The summed E-state index contributed by atoms with van der Waals surface area (Å²) in [5.74, 6) is -0.782. The first-order chi connectivity index (χ1) is 18.9. The molecule has 0 fully saturated rings. The van der Waals surface area contributed by atoms with Crippen molar-refractivity contribution in [2.75, 3.05) is 17.1 Å². The van der Waals surface area contributed by atoms with Gasteiger partial charge in [0.25, 0.3) is 0 Å². The molecule has 0 bridgehead atoms. The summed E-state index contributed by atoms with van der Waals surface area (Å²) in [6, 6.07) is 21.2. The average Bonchev–Trinajstić information content (AvgIpc) is 2.90. The molecule has 0 heterocycles. The zero-order valence-corrected chi connectivity index (χ0v) is 25.3. The van der Waals surface area contributed by atoms with Gasteiger partial charge in [-0.3, -0.25) is 13.9 Å². The highest BCUT2D eigenvalue weighted by Gasteiger charge is 2.33. The zero-order chi connectivity index (χ0) is 29.4. The van der Waals surface area contributed by atoms with Crippen LogP contribution in [0.4, 0.5) is 5.69 Å². The molecule has 2 amide bonds. The molecular formula is C31H38ClN3O4S. The Hall–Kier alpha value is -3.36. The molecule has 3 aromatic rings. The minimum atomic E-state index is -3.87. The lowest BCUT2D eigenvalue weighted by atomic mass is 10.0. The SMILES string of the molecule is CCC(C)NC(=O)C(Cc1ccccc1)N(Cc1cccc(C)c1)C(=O)CN(c1cc(Cl)ccc1C)S(C)(=O)=O. The van der Waals surface area contributed by atoms with E-state index in [0.29, 0.717) is 16.3 Å². The molecule has 40 heavy (non-hydrogen) atoms. The molecule has 2 atom stereocenters. The van der Waals surface area contributed by atoms with Crippen LogP contribution in [0.1, 0.15) is 42.5 Å². The van der Waals surface area contributed by atoms with E-state index in [9.17, 15) is 18.0 Å². The number of rotatable bonds is 12. The summed E-state index contributed by atoms with van der Waals surface area (Å²) in [5, 5.41) is 3.39. The summed E-state index contributed by atoms with van der Waals surface area (Å²) in [7, 11) is -3.87. The first-order valence-corrected chi connectivity index (χ1v) is 15.5. The van der Waals surface area contributed by atoms with Crippen LogP contribution in [0.3, 0.4) is 0 Å². The van der Waals surface area contributed by atoms with Gasteiger partial charge in [-0.2, -0.15) is 0 Å². The van der Waals surface area contributed by atoms with Crippen molar-refractivity contribution >= 4 is 39.1 Å². The van der Waals surface area contributed by atoms with E-state index in [1.54, 1.807) is 19.1 Å². The number of aryl methyl sites for hydroxylation is 2. The Kier molecular flexibility index (Phi) is 10.8. The number of carbonyl (C=O) groups excluding carboxylic acids is 2. The van der Waals surface area contributed by atoms with E-state index < -0.39 is 28.5 Å². The number of carbonyl (C=O) groups is 2. The molecule has 0 spiro atoms. The Morgan fingerprint density at radius 1 is 0.950 bits per heavy atom. The van der Waals surface area contributed by atoms with Crippen LogP contribution in [-0.2, 0) is 32.6 Å². The van der Waals surface area contributed by atoms with Gasteiger partial charge in [-0.05, 0) is 56.0 Å². The number of halogens is 1. The summed E-state index contributed by atoms with van der Waals surface area (Å²) in [4.78, 5) is 29.4. The lowest BCUT2D eigenvalue weighted by Crippen LogP contribution is -2.54. The predicted molar refractivity (Wildman–Crippen MR) is 162 cm³/mol. The number of nitrogens with one attached hydrogen (secondary N) is 1. The fraction of sp³-hybridized carbons (Fsp3) is 0.355. The Morgan fingerprint density at radius 2 is 1.62 bits per heavy atom. The highest BCUT2D eigenvalue weighted by atomic mass is 35.5. The summed E-state index contributed by atoms with van der Waals surface area (Å²) in [5.41, 5.74) is 3.72. The fourth-order valence-corrected chi connectivity index (χ4v) is 5.51. The van der Waals surface area contributed by atoms with Gasteiger partial charge in [0.2, 0.25) is 21.8 Å². The van der Waals surface area contributed by atoms with E-state index in [0.717, 1.165) is 33.7 Å². The van der Waals surface area contributed by atoms with Crippen LogP contribution in [0.25, 0.3) is 0 Å². The minimum Gasteiger partial charge on any atom is -0.352 e. The first kappa shape index (κ1) is 31.2. The van der Waals surface area contributed by atoms with Gasteiger partial charge in [-0.1, -0.05) is 84.8 Å².